The van der Waals surface area contributed by atoms with Gasteiger partial charge >= 0.3 is 0 Å². The third-order valence-electron chi connectivity index (χ3n) is 2.93. The lowest BCUT2D eigenvalue weighted by Gasteiger charge is -2.27. The molecule has 15 heavy (non-hydrogen) atoms. The van der Waals surface area contributed by atoms with Crippen molar-refractivity contribution in [3.63, 3.8) is 0 Å². The third-order valence-corrected chi connectivity index (χ3v) is 2.93. The zero-order valence-corrected chi connectivity index (χ0v) is 10.1. The van der Waals surface area contributed by atoms with Gasteiger partial charge in [-0.3, -0.25) is 4.98 Å². The molecule has 2 heterocycles. The molecule has 1 aliphatic heterocycles. The maximum absolute atomic E-state index is 4.72. The average molecular weight is 204 g/mol. The molecule has 2 heteroatoms. The van der Waals surface area contributed by atoms with Crippen LogP contribution < -0.4 is 5.32 Å². The Morgan fingerprint density at radius 1 is 1.33 bits per heavy atom. The Kier molecular flexibility index (Phi) is 2.55. The number of hydrogen-bond donors (Lipinski definition) is 1. The fraction of sp³-hybridized carbons (Fsp3) is 0.615. The highest BCUT2D eigenvalue weighted by Crippen LogP contribution is 2.28. The standard InChI is InChI=1S/C13H20N2/c1-9-7-10-5-6-14-8-11(10)12(15-9)13(2,3)4/h7,14H,5-6,8H2,1-4H3. The number of nitrogens with zero attached hydrogens (tertiary/aromatic N) is 1. The molecule has 2 rings (SSSR count). The normalized spacial score (nSPS) is 16.3. The average Bonchev–Trinajstić information content (AvgIpc) is 2.15. The van der Waals surface area contributed by atoms with Crippen molar-refractivity contribution in [1.29, 1.82) is 0 Å². The van der Waals surface area contributed by atoms with E-state index in [0.29, 0.717) is 0 Å². The van der Waals surface area contributed by atoms with E-state index < -0.39 is 0 Å². The van der Waals surface area contributed by atoms with Crippen LogP contribution in [0.3, 0.4) is 0 Å². The van der Waals surface area contributed by atoms with Crippen molar-refractivity contribution in [1.82, 2.24) is 10.3 Å². The first-order valence-corrected chi connectivity index (χ1v) is 5.69. The van der Waals surface area contributed by atoms with Crippen molar-refractivity contribution in [2.75, 3.05) is 6.54 Å². The van der Waals surface area contributed by atoms with E-state index in [4.69, 9.17) is 4.98 Å². The number of aromatic nitrogens is 1. The Morgan fingerprint density at radius 3 is 2.73 bits per heavy atom. The van der Waals surface area contributed by atoms with Gasteiger partial charge in [-0.05, 0) is 37.1 Å². The molecule has 0 saturated carbocycles. The zero-order chi connectivity index (χ0) is 11.1. The first kappa shape index (κ1) is 10.6. The van der Waals surface area contributed by atoms with Gasteiger partial charge in [0.15, 0.2) is 0 Å². The van der Waals surface area contributed by atoms with Crippen LogP contribution in [0.1, 0.15) is 43.3 Å². The van der Waals surface area contributed by atoms with Gasteiger partial charge in [0.1, 0.15) is 0 Å². The number of pyridine rings is 1. The molecule has 0 amide bonds. The monoisotopic (exact) mass is 204 g/mol. The molecule has 0 unspecified atom stereocenters. The van der Waals surface area contributed by atoms with E-state index in [1.807, 2.05) is 0 Å². The fourth-order valence-corrected chi connectivity index (χ4v) is 2.24. The van der Waals surface area contributed by atoms with Crippen LogP contribution in [0.25, 0.3) is 0 Å². The highest BCUT2D eigenvalue weighted by atomic mass is 14.9. The van der Waals surface area contributed by atoms with Crippen molar-refractivity contribution < 1.29 is 0 Å². The third kappa shape index (κ3) is 2.05. The Bertz CT molecular complexity index is 375. The molecule has 0 atom stereocenters. The van der Waals surface area contributed by atoms with Gasteiger partial charge in [0.25, 0.3) is 0 Å². The van der Waals surface area contributed by atoms with Crippen LogP contribution in [0.4, 0.5) is 0 Å². The van der Waals surface area contributed by atoms with Gasteiger partial charge < -0.3 is 5.32 Å². The van der Waals surface area contributed by atoms with Crippen molar-refractivity contribution in [2.24, 2.45) is 0 Å². The first-order valence-electron chi connectivity index (χ1n) is 5.69. The second-order valence-electron chi connectivity index (χ2n) is 5.43. The van der Waals surface area contributed by atoms with E-state index in [9.17, 15) is 0 Å². The van der Waals surface area contributed by atoms with Crippen molar-refractivity contribution in [2.45, 2.75) is 46.1 Å². The highest BCUT2D eigenvalue weighted by molar-refractivity contribution is 5.37. The predicted molar refractivity (Wildman–Crippen MR) is 63.1 cm³/mol. The van der Waals surface area contributed by atoms with Crippen molar-refractivity contribution in [3.8, 4) is 0 Å². The van der Waals surface area contributed by atoms with E-state index in [0.717, 1.165) is 25.2 Å². The summed E-state index contributed by atoms with van der Waals surface area (Å²) < 4.78 is 0. The molecule has 0 fully saturated rings. The molecular formula is C13H20N2. The lowest BCUT2D eigenvalue weighted by Crippen LogP contribution is -2.29. The van der Waals surface area contributed by atoms with Crippen LogP contribution in [-0.2, 0) is 18.4 Å². The van der Waals surface area contributed by atoms with Crippen LogP contribution in [0, 0.1) is 6.92 Å². The van der Waals surface area contributed by atoms with Crippen LogP contribution >= 0.6 is 0 Å². The van der Waals surface area contributed by atoms with E-state index in [1.165, 1.54) is 16.8 Å². The molecule has 0 aliphatic carbocycles. The number of rotatable bonds is 0. The maximum atomic E-state index is 4.72. The quantitative estimate of drug-likeness (QED) is 0.701. The summed E-state index contributed by atoms with van der Waals surface area (Å²) in [4.78, 5) is 4.72. The molecule has 82 valence electrons. The minimum atomic E-state index is 0.148. The number of fused-ring (bicyclic) bond motifs is 1. The second-order valence-corrected chi connectivity index (χ2v) is 5.43. The number of aryl methyl sites for hydroxylation is 1. The van der Waals surface area contributed by atoms with Crippen LogP contribution in [0.15, 0.2) is 6.07 Å². The summed E-state index contributed by atoms with van der Waals surface area (Å²) in [5.41, 5.74) is 5.49. The predicted octanol–water partition coefficient (Wildman–Crippen LogP) is 2.33. The first-order chi connectivity index (χ1) is 6.98. The Balaban J connectivity index is 2.58. The van der Waals surface area contributed by atoms with Crippen LogP contribution in [0.2, 0.25) is 0 Å². The topological polar surface area (TPSA) is 24.9 Å². The van der Waals surface area contributed by atoms with Gasteiger partial charge in [0, 0.05) is 17.7 Å². The summed E-state index contributed by atoms with van der Waals surface area (Å²) in [7, 11) is 0. The zero-order valence-electron chi connectivity index (χ0n) is 10.1. The molecule has 0 bridgehead atoms. The molecule has 1 aromatic heterocycles. The van der Waals surface area contributed by atoms with Gasteiger partial charge in [-0.15, -0.1) is 0 Å². The smallest absolute Gasteiger partial charge is 0.0507 e. The maximum Gasteiger partial charge on any atom is 0.0507 e. The highest BCUT2D eigenvalue weighted by Gasteiger charge is 2.23. The van der Waals surface area contributed by atoms with Crippen molar-refractivity contribution >= 4 is 0 Å². The van der Waals surface area contributed by atoms with E-state index in [1.54, 1.807) is 0 Å². The van der Waals surface area contributed by atoms with Crippen LogP contribution in [-0.4, -0.2) is 11.5 Å². The van der Waals surface area contributed by atoms with Crippen molar-refractivity contribution in [3.05, 3.63) is 28.6 Å². The molecule has 0 spiro atoms. The van der Waals surface area contributed by atoms with Gasteiger partial charge in [-0.25, -0.2) is 0 Å². The largest absolute Gasteiger partial charge is 0.312 e. The molecule has 0 radical (unpaired) electrons. The Morgan fingerprint density at radius 2 is 2.07 bits per heavy atom. The summed E-state index contributed by atoms with van der Waals surface area (Å²) in [5.74, 6) is 0. The lowest BCUT2D eigenvalue weighted by atomic mass is 9.85. The molecule has 1 aliphatic rings. The minimum absolute atomic E-state index is 0.148. The fourth-order valence-electron chi connectivity index (χ4n) is 2.24. The van der Waals surface area contributed by atoms with E-state index in [-0.39, 0.29) is 5.41 Å². The second kappa shape index (κ2) is 3.60. The van der Waals surface area contributed by atoms with Gasteiger partial charge in [0.05, 0.1) is 5.69 Å². The summed E-state index contributed by atoms with van der Waals surface area (Å²) in [5, 5.41) is 3.43. The molecule has 2 nitrogen and oxygen atoms in total. The molecule has 1 aromatic rings. The van der Waals surface area contributed by atoms with Gasteiger partial charge in [-0.2, -0.15) is 0 Å². The summed E-state index contributed by atoms with van der Waals surface area (Å²) in [6.07, 6.45) is 1.14. The summed E-state index contributed by atoms with van der Waals surface area (Å²) in [6.45, 7) is 10.9. The minimum Gasteiger partial charge on any atom is -0.312 e. The summed E-state index contributed by atoms with van der Waals surface area (Å²) in [6, 6.07) is 2.24. The molecule has 0 aromatic carbocycles. The van der Waals surface area contributed by atoms with E-state index in [2.05, 4.69) is 39.1 Å². The lowest BCUT2D eigenvalue weighted by molar-refractivity contribution is 0.537. The Hall–Kier alpha value is -0.890. The van der Waals surface area contributed by atoms with E-state index >= 15 is 0 Å². The Labute approximate surface area is 92.1 Å². The molecular weight excluding hydrogens is 184 g/mol. The van der Waals surface area contributed by atoms with Gasteiger partial charge in [0.2, 0.25) is 0 Å². The van der Waals surface area contributed by atoms with Gasteiger partial charge in [-0.1, -0.05) is 20.8 Å². The van der Waals surface area contributed by atoms with Crippen LogP contribution in [0.5, 0.6) is 0 Å². The number of hydrogen-bond acceptors (Lipinski definition) is 2. The SMILES string of the molecule is Cc1cc2c(c(C(C)(C)C)n1)CNCC2. The summed E-state index contributed by atoms with van der Waals surface area (Å²) >= 11 is 0. The number of nitrogens with one attached hydrogen (secondary N) is 1. The molecule has 1 N–H and O–H groups in total. The molecule has 0 saturated heterocycles.